The fourth-order valence-corrected chi connectivity index (χ4v) is 7.96. The number of piperazine rings is 1. The molecule has 13 nitrogen and oxygen atoms in total. The predicted octanol–water partition coefficient (Wildman–Crippen LogP) is 4.55. The molecule has 2 aliphatic heterocycles. The Morgan fingerprint density at radius 3 is 2.17 bits per heavy atom. The van der Waals surface area contributed by atoms with Gasteiger partial charge in [0.05, 0.1) is 40.3 Å². The number of hydrogen-bond acceptors (Lipinski definition) is 8. The van der Waals surface area contributed by atoms with Crippen molar-refractivity contribution in [3.8, 4) is 6.07 Å². The monoisotopic (exact) mass is 765 g/mol. The van der Waals surface area contributed by atoms with Crippen molar-refractivity contribution in [2.45, 2.75) is 55.6 Å². The zero-order valence-corrected chi connectivity index (χ0v) is 31.2. The lowest BCUT2D eigenvalue weighted by molar-refractivity contribution is -0.125. The lowest BCUT2D eigenvalue weighted by atomic mass is 9.91. The third kappa shape index (κ3) is 6.28. The van der Waals surface area contributed by atoms with E-state index in [1.54, 1.807) is 72.3 Å². The number of aromatic nitrogens is 3. The molecule has 1 saturated heterocycles. The molecule has 2 aromatic heterocycles. The lowest BCUT2D eigenvalue weighted by Gasteiger charge is -2.32. The van der Waals surface area contributed by atoms with Crippen LogP contribution in [0.15, 0.2) is 67.0 Å². The number of benzene rings is 2. The molecule has 8 rings (SSSR count). The highest BCUT2D eigenvalue weighted by molar-refractivity contribution is 6.35. The van der Waals surface area contributed by atoms with Crippen LogP contribution in [-0.2, 0) is 27.1 Å². The highest BCUT2D eigenvalue weighted by atomic mass is 35.5. The second-order valence-electron chi connectivity index (χ2n) is 14.9. The summed E-state index contributed by atoms with van der Waals surface area (Å²) in [6.45, 7) is 4.69. The van der Waals surface area contributed by atoms with Gasteiger partial charge >= 0.3 is 0 Å². The molecule has 276 valence electrons. The zero-order valence-electron chi connectivity index (χ0n) is 29.7. The number of carbonyl (C=O) groups is 4. The summed E-state index contributed by atoms with van der Waals surface area (Å²) >= 11 is 12.7. The Balaban J connectivity index is 1.03. The number of pyridine rings is 1. The number of anilines is 2. The van der Waals surface area contributed by atoms with Gasteiger partial charge < -0.3 is 20.4 Å². The van der Waals surface area contributed by atoms with Crippen molar-refractivity contribution in [1.29, 1.82) is 5.26 Å². The molecule has 4 heterocycles. The summed E-state index contributed by atoms with van der Waals surface area (Å²) in [5.74, 6) is -1.09. The number of amides is 4. The maximum Gasteiger partial charge on any atom is 0.270 e. The van der Waals surface area contributed by atoms with E-state index in [4.69, 9.17) is 23.2 Å². The summed E-state index contributed by atoms with van der Waals surface area (Å²) in [5, 5.41) is 16.1. The normalized spacial score (nSPS) is 20.9. The van der Waals surface area contributed by atoms with Gasteiger partial charge in [0.15, 0.2) is 0 Å². The molecular formula is C39H37Cl2N9O4. The second kappa shape index (κ2) is 13.2. The highest BCUT2D eigenvalue weighted by Gasteiger charge is 2.57. The van der Waals surface area contributed by atoms with Crippen LogP contribution in [0.25, 0.3) is 0 Å². The first-order chi connectivity index (χ1) is 25.8. The Kier molecular flexibility index (Phi) is 8.75. The maximum absolute atomic E-state index is 14.4. The average molecular weight is 767 g/mol. The Hall–Kier alpha value is -5.29. The topological polar surface area (TPSA) is 157 Å². The van der Waals surface area contributed by atoms with Gasteiger partial charge in [-0.1, -0.05) is 35.3 Å². The van der Waals surface area contributed by atoms with E-state index in [0.29, 0.717) is 71.3 Å². The van der Waals surface area contributed by atoms with Crippen LogP contribution in [0.2, 0.25) is 10.0 Å². The van der Waals surface area contributed by atoms with Gasteiger partial charge in [0.2, 0.25) is 11.9 Å². The van der Waals surface area contributed by atoms with Crippen molar-refractivity contribution in [1.82, 2.24) is 35.0 Å². The van der Waals surface area contributed by atoms with E-state index in [-0.39, 0.29) is 35.8 Å². The SMILES string of the molecule is CN1CCN(C(=O)c2ccc(C3(NC(=O)C4(NC(=O)c5cnc6n5[C@](C)(Cc5ccc(C#N)cc5)C(=O)N6c5cc(Cl)cc(Cl)c5)CC4)CC3)nc2)CC1. The minimum atomic E-state index is -1.33. The van der Waals surface area contributed by atoms with Gasteiger partial charge in [-0.25, -0.2) is 9.88 Å². The van der Waals surface area contributed by atoms with Crippen LogP contribution < -0.4 is 15.5 Å². The number of halogens is 2. The van der Waals surface area contributed by atoms with E-state index >= 15 is 0 Å². The van der Waals surface area contributed by atoms with Crippen LogP contribution in [0.4, 0.5) is 11.6 Å². The van der Waals surface area contributed by atoms with Crippen LogP contribution >= 0.6 is 23.2 Å². The van der Waals surface area contributed by atoms with Crippen molar-refractivity contribution in [3.63, 3.8) is 0 Å². The number of imidazole rings is 1. The van der Waals surface area contributed by atoms with Crippen molar-refractivity contribution in [3.05, 3.63) is 105 Å². The van der Waals surface area contributed by atoms with Crippen molar-refractivity contribution in [2.24, 2.45) is 0 Å². The predicted molar refractivity (Wildman–Crippen MR) is 200 cm³/mol. The number of carbonyl (C=O) groups excluding carboxylic acids is 4. The summed E-state index contributed by atoms with van der Waals surface area (Å²) in [6, 6.07) is 17.3. The quantitative estimate of drug-likeness (QED) is 0.252. The van der Waals surface area contributed by atoms with E-state index < -0.39 is 22.5 Å². The van der Waals surface area contributed by atoms with Crippen LogP contribution in [0, 0.1) is 11.3 Å². The van der Waals surface area contributed by atoms with Gasteiger partial charge in [-0.15, -0.1) is 0 Å². The molecule has 2 aromatic carbocycles. The smallest absolute Gasteiger partial charge is 0.270 e. The van der Waals surface area contributed by atoms with Gasteiger partial charge in [-0.3, -0.25) is 28.7 Å². The first-order valence-corrected chi connectivity index (χ1v) is 18.6. The number of nitrogens with one attached hydrogen (secondary N) is 2. The minimum Gasteiger partial charge on any atom is -0.343 e. The van der Waals surface area contributed by atoms with E-state index in [2.05, 4.69) is 31.6 Å². The lowest BCUT2D eigenvalue weighted by Crippen LogP contribution is -2.52. The molecular weight excluding hydrogens is 729 g/mol. The molecule has 2 saturated carbocycles. The summed E-state index contributed by atoms with van der Waals surface area (Å²) in [6.07, 6.45) is 5.37. The molecule has 2 N–H and O–H groups in total. The van der Waals surface area contributed by atoms with E-state index in [9.17, 15) is 24.4 Å². The molecule has 2 aliphatic carbocycles. The van der Waals surface area contributed by atoms with Crippen LogP contribution in [-0.4, -0.2) is 86.7 Å². The number of nitrogens with zero attached hydrogens (tertiary/aromatic N) is 7. The number of nitriles is 1. The van der Waals surface area contributed by atoms with Gasteiger partial charge in [0, 0.05) is 48.8 Å². The molecule has 0 unspecified atom stereocenters. The first-order valence-electron chi connectivity index (χ1n) is 17.8. The van der Waals surface area contributed by atoms with Crippen molar-refractivity contribution in [2.75, 3.05) is 38.1 Å². The van der Waals surface area contributed by atoms with Gasteiger partial charge in [0.1, 0.15) is 16.8 Å². The largest absolute Gasteiger partial charge is 0.343 e. The van der Waals surface area contributed by atoms with Crippen LogP contribution in [0.5, 0.6) is 0 Å². The second-order valence-corrected chi connectivity index (χ2v) is 15.8. The standard InChI is InChI=1S/C39H37Cl2N9O4/c1-37(20-24-3-5-25(21-42)6-4-24)35(54)49(29-18-27(40)17-28(41)19-29)36-44-23-30(50(36)37)32(51)45-39(11-12-39)34(53)46-38(9-10-38)31-8-7-26(22-43-31)33(52)48-15-13-47(2)14-16-48/h3-8,17-19,22-23H,9-16,20H2,1-2H3,(H,45,51)(H,46,53)/t37-/m1/s1. The third-order valence-corrected chi connectivity index (χ3v) is 11.4. The fourth-order valence-electron chi connectivity index (χ4n) is 7.44. The zero-order chi connectivity index (χ0) is 38.0. The van der Waals surface area contributed by atoms with Crippen LogP contribution in [0.1, 0.15) is 70.3 Å². The van der Waals surface area contributed by atoms with Crippen molar-refractivity contribution >= 4 is 58.5 Å². The van der Waals surface area contributed by atoms with Crippen molar-refractivity contribution < 1.29 is 19.2 Å². The Bertz CT molecular complexity index is 2210. The Labute approximate surface area is 321 Å². The Morgan fingerprint density at radius 2 is 1.57 bits per heavy atom. The van der Waals surface area contributed by atoms with E-state index in [1.807, 2.05) is 11.9 Å². The summed E-state index contributed by atoms with van der Waals surface area (Å²) in [4.78, 5) is 70.2. The molecule has 54 heavy (non-hydrogen) atoms. The summed E-state index contributed by atoms with van der Waals surface area (Å²) in [7, 11) is 2.04. The molecule has 0 spiro atoms. The molecule has 3 fully saturated rings. The number of likely N-dealkylation sites (N-methyl/N-ethyl adjacent to an activating group) is 1. The van der Waals surface area contributed by atoms with E-state index in [1.165, 1.54) is 11.1 Å². The van der Waals surface area contributed by atoms with Gasteiger partial charge in [-0.05, 0) is 87.7 Å². The molecule has 4 aliphatic rings. The number of rotatable bonds is 9. The average Bonchev–Trinajstić information content (AvgIpc) is 4.06. The number of hydrogen-bond donors (Lipinski definition) is 2. The first kappa shape index (κ1) is 35.7. The minimum absolute atomic E-state index is 0.0591. The van der Waals surface area contributed by atoms with Gasteiger partial charge in [-0.2, -0.15) is 5.26 Å². The van der Waals surface area contributed by atoms with Gasteiger partial charge in [0.25, 0.3) is 17.7 Å². The summed E-state index contributed by atoms with van der Waals surface area (Å²) in [5.41, 5.74) is -0.263. The fraction of sp³-hybridized carbons (Fsp3) is 0.359. The summed E-state index contributed by atoms with van der Waals surface area (Å²) < 4.78 is 1.60. The van der Waals surface area contributed by atoms with E-state index in [0.717, 1.165) is 18.7 Å². The molecule has 1 atom stereocenters. The molecule has 0 radical (unpaired) electrons. The molecule has 4 amide bonds. The number of fused-ring (bicyclic) bond motifs is 1. The molecule has 4 aromatic rings. The molecule has 15 heteroatoms. The maximum atomic E-state index is 14.4. The van der Waals surface area contributed by atoms with Crippen LogP contribution in [0.3, 0.4) is 0 Å². The third-order valence-electron chi connectivity index (χ3n) is 11.0. The molecule has 0 bridgehead atoms. The highest BCUT2D eigenvalue weighted by Crippen LogP contribution is 2.47. The Morgan fingerprint density at radius 1 is 0.889 bits per heavy atom.